The fourth-order valence-corrected chi connectivity index (χ4v) is 3.24. The third-order valence-corrected chi connectivity index (χ3v) is 4.98. The van der Waals surface area contributed by atoms with Gasteiger partial charge in [-0.1, -0.05) is 103 Å². The van der Waals surface area contributed by atoms with Crippen LogP contribution >= 0.6 is 0 Å². The van der Waals surface area contributed by atoms with Crippen molar-refractivity contribution in [1.82, 2.24) is 10.6 Å². The van der Waals surface area contributed by atoms with Gasteiger partial charge in [0.2, 0.25) is 0 Å². The first-order valence-electron chi connectivity index (χ1n) is 11.5. The predicted octanol–water partition coefficient (Wildman–Crippen LogP) is 5.90. The lowest BCUT2D eigenvalue weighted by Crippen LogP contribution is -2.37. The molecule has 156 valence electrons. The minimum Gasteiger partial charge on any atom is -0.338 e. The van der Waals surface area contributed by atoms with Gasteiger partial charge in [0.25, 0.3) is 0 Å². The Hall–Kier alpha value is -0.770. The van der Waals surface area contributed by atoms with Crippen molar-refractivity contribution in [3.8, 4) is 0 Å². The number of unbranched alkanes of at least 4 members (excludes halogenated alkanes) is 15. The molecule has 0 bridgehead atoms. The average molecular weight is 370 g/mol. The highest BCUT2D eigenvalue weighted by molar-refractivity contribution is 5.73. The first-order chi connectivity index (χ1) is 12.8. The molecule has 0 saturated heterocycles. The summed E-state index contributed by atoms with van der Waals surface area (Å²) in [4.78, 5) is 11.4. The number of carbonyl (C=O) groups is 1. The van der Waals surface area contributed by atoms with Crippen LogP contribution in [-0.2, 0) is 0 Å². The topological polar surface area (TPSA) is 67.2 Å². The van der Waals surface area contributed by atoms with Crippen LogP contribution in [0.25, 0.3) is 0 Å². The van der Waals surface area contributed by atoms with Gasteiger partial charge in [0.15, 0.2) is 0 Å². The van der Waals surface area contributed by atoms with Gasteiger partial charge in [-0.25, -0.2) is 4.79 Å². The Kier molecular flexibility index (Phi) is 21.6. The molecule has 0 unspecified atom stereocenters. The maximum absolute atomic E-state index is 11.4. The van der Waals surface area contributed by atoms with Crippen molar-refractivity contribution in [3.05, 3.63) is 0 Å². The summed E-state index contributed by atoms with van der Waals surface area (Å²) in [7, 11) is 0. The van der Waals surface area contributed by atoms with E-state index in [0.29, 0.717) is 13.1 Å². The molecule has 0 saturated carbocycles. The van der Waals surface area contributed by atoms with Crippen LogP contribution in [0.2, 0.25) is 0 Å². The molecular weight excluding hydrogens is 322 g/mol. The van der Waals surface area contributed by atoms with Crippen molar-refractivity contribution < 1.29 is 4.79 Å². The lowest BCUT2D eigenvalue weighted by atomic mass is 10.0. The number of nitrogens with two attached hydrogens (primary N) is 1. The van der Waals surface area contributed by atoms with Gasteiger partial charge in [-0.15, -0.1) is 0 Å². The number of urea groups is 1. The van der Waals surface area contributed by atoms with E-state index in [1.54, 1.807) is 0 Å². The van der Waals surface area contributed by atoms with Gasteiger partial charge in [0.1, 0.15) is 0 Å². The summed E-state index contributed by atoms with van der Waals surface area (Å²) in [5.74, 6) is 0. The molecule has 0 radical (unpaired) electrons. The van der Waals surface area contributed by atoms with E-state index in [1.807, 2.05) is 0 Å². The van der Waals surface area contributed by atoms with E-state index in [0.717, 1.165) is 19.4 Å². The molecule has 4 heteroatoms. The molecule has 26 heavy (non-hydrogen) atoms. The van der Waals surface area contributed by atoms with Crippen LogP contribution in [0, 0.1) is 0 Å². The quantitative estimate of drug-likeness (QED) is 0.234. The van der Waals surface area contributed by atoms with Crippen molar-refractivity contribution >= 4 is 6.03 Å². The van der Waals surface area contributed by atoms with Gasteiger partial charge in [-0.2, -0.15) is 0 Å². The minimum absolute atomic E-state index is 0.0561. The number of carbonyl (C=O) groups excluding carboxylic acids is 1. The Labute approximate surface area is 163 Å². The highest BCUT2D eigenvalue weighted by Crippen LogP contribution is 2.13. The number of hydrogen-bond acceptors (Lipinski definition) is 2. The molecule has 0 aromatic carbocycles. The van der Waals surface area contributed by atoms with E-state index >= 15 is 0 Å². The Morgan fingerprint density at radius 1 is 0.577 bits per heavy atom. The molecule has 0 aliphatic carbocycles. The Morgan fingerprint density at radius 2 is 0.923 bits per heavy atom. The van der Waals surface area contributed by atoms with Crippen molar-refractivity contribution in [1.29, 1.82) is 0 Å². The summed E-state index contributed by atoms with van der Waals surface area (Å²) in [5, 5.41) is 5.71. The Bertz CT molecular complexity index is 285. The van der Waals surface area contributed by atoms with Gasteiger partial charge in [0, 0.05) is 13.1 Å². The maximum atomic E-state index is 11.4. The normalized spacial score (nSPS) is 10.8. The van der Waals surface area contributed by atoms with Crippen LogP contribution in [0.1, 0.15) is 116 Å². The smallest absolute Gasteiger partial charge is 0.314 e. The van der Waals surface area contributed by atoms with E-state index in [9.17, 15) is 4.79 Å². The second-order valence-electron chi connectivity index (χ2n) is 7.63. The zero-order chi connectivity index (χ0) is 19.1. The molecule has 0 atom stereocenters. The van der Waals surface area contributed by atoms with Gasteiger partial charge in [-0.05, 0) is 19.4 Å². The molecule has 0 aliphatic heterocycles. The van der Waals surface area contributed by atoms with Crippen LogP contribution in [0.15, 0.2) is 0 Å². The van der Waals surface area contributed by atoms with E-state index in [-0.39, 0.29) is 6.03 Å². The predicted molar refractivity (Wildman–Crippen MR) is 115 cm³/mol. The molecule has 0 fully saturated rings. The van der Waals surface area contributed by atoms with Gasteiger partial charge in [-0.3, -0.25) is 0 Å². The molecule has 0 aromatic rings. The summed E-state index contributed by atoms with van der Waals surface area (Å²) in [6.45, 7) is 4.36. The first kappa shape index (κ1) is 25.2. The Morgan fingerprint density at radius 3 is 1.31 bits per heavy atom. The average Bonchev–Trinajstić information content (AvgIpc) is 2.64. The molecule has 2 amide bonds. The molecule has 0 spiro atoms. The third-order valence-electron chi connectivity index (χ3n) is 4.98. The van der Waals surface area contributed by atoms with Gasteiger partial charge in [0.05, 0.1) is 0 Å². The van der Waals surface area contributed by atoms with E-state index in [4.69, 9.17) is 5.73 Å². The van der Waals surface area contributed by atoms with Crippen molar-refractivity contribution in [2.24, 2.45) is 5.73 Å². The minimum atomic E-state index is -0.0561. The van der Waals surface area contributed by atoms with Gasteiger partial charge >= 0.3 is 6.03 Å². The molecule has 0 aliphatic rings. The fraction of sp³-hybridized carbons (Fsp3) is 0.955. The second-order valence-corrected chi connectivity index (χ2v) is 7.63. The SMILES string of the molecule is CCCCCCCCCCCCCCCCCCNC(=O)NCCCN. The Balaban J connectivity index is 3.06. The van der Waals surface area contributed by atoms with Crippen LogP contribution in [0.5, 0.6) is 0 Å². The highest BCUT2D eigenvalue weighted by Gasteiger charge is 1.98. The van der Waals surface area contributed by atoms with Crippen molar-refractivity contribution in [2.75, 3.05) is 19.6 Å². The van der Waals surface area contributed by atoms with Crippen molar-refractivity contribution in [3.63, 3.8) is 0 Å². The lowest BCUT2D eigenvalue weighted by Gasteiger charge is -2.07. The largest absolute Gasteiger partial charge is 0.338 e. The number of hydrogen-bond donors (Lipinski definition) is 3. The maximum Gasteiger partial charge on any atom is 0.314 e. The van der Waals surface area contributed by atoms with Crippen LogP contribution in [0.4, 0.5) is 4.79 Å². The summed E-state index contributed by atoms with van der Waals surface area (Å²) >= 11 is 0. The first-order valence-corrected chi connectivity index (χ1v) is 11.5. The molecule has 4 N–H and O–H groups in total. The molecule has 0 aromatic heterocycles. The summed E-state index contributed by atoms with van der Waals surface area (Å²) in [6.07, 6.45) is 22.9. The van der Waals surface area contributed by atoms with Crippen LogP contribution in [-0.4, -0.2) is 25.7 Å². The number of amides is 2. The van der Waals surface area contributed by atoms with E-state index in [1.165, 1.54) is 96.3 Å². The summed E-state index contributed by atoms with van der Waals surface area (Å²) < 4.78 is 0. The van der Waals surface area contributed by atoms with E-state index in [2.05, 4.69) is 17.6 Å². The van der Waals surface area contributed by atoms with E-state index < -0.39 is 0 Å². The zero-order valence-electron chi connectivity index (χ0n) is 17.6. The van der Waals surface area contributed by atoms with Gasteiger partial charge < -0.3 is 16.4 Å². The third kappa shape index (κ3) is 21.3. The second kappa shape index (κ2) is 22.3. The summed E-state index contributed by atoms with van der Waals surface area (Å²) in [6, 6.07) is -0.0561. The van der Waals surface area contributed by atoms with Crippen LogP contribution < -0.4 is 16.4 Å². The highest BCUT2D eigenvalue weighted by atomic mass is 16.2. The number of nitrogens with one attached hydrogen (secondary N) is 2. The zero-order valence-corrected chi connectivity index (χ0v) is 17.6. The standard InChI is InChI=1S/C22H47N3O/c1-2-3-4-5-6-7-8-9-10-11-12-13-14-15-16-17-20-24-22(26)25-21-18-19-23/h2-21,23H2,1H3,(H2,24,25,26). The monoisotopic (exact) mass is 369 g/mol. The van der Waals surface area contributed by atoms with Crippen LogP contribution in [0.3, 0.4) is 0 Å². The fourth-order valence-electron chi connectivity index (χ4n) is 3.24. The molecule has 0 heterocycles. The summed E-state index contributed by atoms with van der Waals surface area (Å²) in [5.41, 5.74) is 5.39. The molecular formula is C22H47N3O. The molecule has 4 nitrogen and oxygen atoms in total. The molecule has 0 rings (SSSR count). The number of rotatable bonds is 20. The van der Waals surface area contributed by atoms with Crippen molar-refractivity contribution in [2.45, 2.75) is 116 Å². The lowest BCUT2D eigenvalue weighted by molar-refractivity contribution is 0.240.